The van der Waals surface area contributed by atoms with Crippen LogP contribution in [0.15, 0.2) is 43.0 Å². The molecule has 0 saturated carbocycles. The van der Waals surface area contributed by atoms with Gasteiger partial charge in [-0.2, -0.15) is 0 Å². The number of carbonyl (C=O) groups is 1. The van der Waals surface area contributed by atoms with Crippen molar-refractivity contribution in [1.82, 2.24) is 25.3 Å². The van der Waals surface area contributed by atoms with Gasteiger partial charge in [0.05, 0.1) is 5.69 Å². The van der Waals surface area contributed by atoms with E-state index in [-0.39, 0.29) is 5.91 Å². The van der Waals surface area contributed by atoms with Crippen molar-refractivity contribution in [2.75, 3.05) is 0 Å². The highest BCUT2D eigenvalue weighted by molar-refractivity contribution is 7.17. The van der Waals surface area contributed by atoms with Crippen LogP contribution in [0.25, 0.3) is 10.8 Å². The Kier molecular flexibility index (Phi) is 4.68. The van der Waals surface area contributed by atoms with E-state index in [4.69, 9.17) is 0 Å². The van der Waals surface area contributed by atoms with Crippen LogP contribution in [0.2, 0.25) is 0 Å². The first-order valence-corrected chi connectivity index (χ1v) is 8.03. The maximum absolute atomic E-state index is 12.4. The van der Waals surface area contributed by atoms with Gasteiger partial charge in [0, 0.05) is 31.3 Å². The van der Waals surface area contributed by atoms with E-state index in [0.29, 0.717) is 28.7 Å². The molecule has 7 heteroatoms. The van der Waals surface area contributed by atoms with E-state index in [1.54, 1.807) is 30.9 Å². The maximum Gasteiger partial charge on any atom is 0.263 e. The highest BCUT2D eigenvalue weighted by Crippen LogP contribution is 2.26. The average Bonchev–Trinajstić information content (AvgIpc) is 3.06. The molecule has 0 unspecified atom stereocenters. The molecule has 0 saturated heterocycles. The van der Waals surface area contributed by atoms with Gasteiger partial charge in [-0.15, -0.1) is 11.3 Å². The second-order valence-electron chi connectivity index (χ2n) is 4.76. The number of hydrogen-bond donors (Lipinski definition) is 1. The zero-order valence-corrected chi connectivity index (χ0v) is 13.4. The van der Waals surface area contributed by atoms with Crippen LogP contribution >= 0.6 is 11.3 Å². The van der Waals surface area contributed by atoms with Gasteiger partial charge in [0.15, 0.2) is 10.8 Å². The minimum Gasteiger partial charge on any atom is -0.347 e. The van der Waals surface area contributed by atoms with Crippen molar-refractivity contribution in [2.24, 2.45) is 0 Å². The van der Waals surface area contributed by atoms with Crippen molar-refractivity contribution >= 4 is 17.2 Å². The van der Waals surface area contributed by atoms with Crippen molar-refractivity contribution in [1.29, 1.82) is 0 Å². The Labute approximate surface area is 137 Å². The van der Waals surface area contributed by atoms with Gasteiger partial charge in [-0.25, -0.2) is 15.0 Å². The lowest BCUT2D eigenvalue weighted by atomic mass is 10.2. The molecule has 0 spiro atoms. The molecule has 3 rings (SSSR count). The van der Waals surface area contributed by atoms with Crippen LogP contribution in [-0.2, 0) is 13.0 Å². The van der Waals surface area contributed by atoms with Gasteiger partial charge in [0.1, 0.15) is 4.88 Å². The number of nitrogens with zero attached hydrogens (tertiary/aromatic N) is 4. The third-order valence-electron chi connectivity index (χ3n) is 3.20. The molecule has 3 aromatic rings. The lowest BCUT2D eigenvalue weighted by Gasteiger charge is -2.04. The summed E-state index contributed by atoms with van der Waals surface area (Å²) in [5.74, 6) is 0.415. The number of amides is 1. The Morgan fingerprint density at radius 1 is 1.17 bits per heavy atom. The molecule has 6 nitrogen and oxygen atoms in total. The lowest BCUT2D eigenvalue weighted by molar-refractivity contribution is 0.0954. The van der Waals surface area contributed by atoms with Gasteiger partial charge >= 0.3 is 0 Å². The Hall–Kier alpha value is -2.67. The largest absolute Gasteiger partial charge is 0.347 e. The van der Waals surface area contributed by atoms with Crippen molar-refractivity contribution < 1.29 is 4.79 Å². The predicted octanol–water partition coefficient (Wildman–Crippen LogP) is 2.49. The van der Waals surface area contributed by atoms with Crippen molar-refractivity contribution in [3.05, 3.63) is 59.1 Å². The van der Waals surface area contributed by atoms with E-state index in [2.05, 4.69) is 25.3 Å². The second-order valence-corrected chi connectivity index (χ2v) is 5.76. The highest BCUT2D eigenvalue weighted by Gasteiger charge is 2.18. The average molecular weight is 325 g/mol. The standard InChI is InChI=1S/C16H15N5OS/c1-2-12-13(15(22)20-10-11-4-8-17-9-5-11)23-16(21-12)14-18-6-3-7-19-14/h3-9H,2,10H2,1H3,(H,20,22). The SMILES string of the molecule is CCc1nc(-c2ncccn2)sc1C(=O)NCc1ccncc1. The van der Waals surface area contributed by atoms with Gasteiger partial charge < -0.3 is 5.32 Å². The number of pyridine rings is 1. The molecular formula is C16H15N5OS. The Morgan fingerprint density at radius 3 is 2.61 bits per heavy atom. The summed E-state index contributed by atoms with van der Waals surface area (Å²) in [7, 11) is 0. The zero-order chi connectivity index (χ0) is 16.1. The van der Waals surface area contributed by atoms with Gasteiger partial charge in [-0.1, -0.05) is 6.92 Å². The first-order chi connectivity index (χ1) is 11.3. The van der Waals surface area contributed by atoms with Crippen molar-refractivity contribution in [3.8, 4) is 10.8 Å². The molecule has 0 aliphatic heterocycles. The summed E-state index contributed by atoms with van der Waals surface area (Å²) in [6, 6.07) is 5.49. The molecule has 1 N–H and O–H groups in total. The van der Waals surface area contributed by atoms with Gasteiger partial charge in [-0.3, -0.25) is 9.78 Å². The maximum atomic E-state index is 12.4. The number of aryl methyl sites for hydroxylation is 1. The first-order valence-electron chi connectivity index (χ1n) is 7.22. The molecule has 0 aromatic carbocycles. The second kappa shape index (κ2) is 7.06. The molecule has 0 aliphatic rings. The minimum absolute atomic E-state index is 0.127. The normalized spacial score (nSPS) is 10.5. The molecule has 3 heterocycles. The van der Waals surface area contributed by atoms with Crippen LogP contribution in [0.5, 0.6) is 0 Å². The molecular weight excluding hydrogens is 310 g/mol. The Balaban J connectivity index is 1.79. The van der Waals surface area contributed by atoms with E-state index in [0.717, 1.165) is 11.3 Å². The fraction of sp³-hybridized carbons (Fsp3) is 0.188. The molecule has 1 amide bonds. The molecule has 116 valence electrons. The third-order valence-corrected chi connectivity index (χ3v) is 4.29. The lowest BCUT2D eigenvalue weighted by Crippen LogP contribution is -2.22. The van der Waals surface area contributed by atoms with Crippen LogP contribution < -0.4 is 5.32 Å². The Morgan fingerprint density at radius 2 is 1.91 bits per heavy atom. The van der Waals surface area contributed by atoms with Gasteiger partial charge in [-0.05, 0) is 30.2 Å². The van der Waals surface area contributed by atoms with Crippen molar-refractivity contribution in [2.45, 2.75) is 19.9 Å². The number of rotatable bonds is 5. The number of thiazole rings is 1. The highest BCUT2D eigenvalue weighted by atomic mass is 32.1. The summed E-state index contributed by atoms with van der Waals surface area (Å²) in [6.07, 6.45) is 7.42. The zero-order valence-electron chi connectivity index (χ0n) is 12.6. The summed E-state index contributed by atoms with van der Waals surface area (Å²) in [4.78, 5) is 29.9. The summed E-state index contributed by atoms with van der Waals surface area (Å²) in [6.45, 7) is 2.43. The molecule has 0 aliphatic carbocycles. The van der Waals surface area contributed by atoms with E-state index >= 15 is 0 Å². The van der Waals surface area contributed by atoms with Crippen molar-refractivity contribution in [3.63, 3.8) is 0 Å². The predicted molar refractivity (Wildman–Crippen MR) is 87.9 cm³/mol. The number of aromatic nitrogens is 4. The van der Waals surface area contributed by atoms with E-state index in [1.807, 2.05) is 19.1 Å². The molecule has 23 heavy (non-hydrogen) atoms. The van der Waals surface area contributed by atoms with Crippen LogP contribution in [0.1, 0.15) is 27.9 Å². The molecule has 3 aromatic heterocycles. The summed E-state index contributed by atoms with van der Waals surface area (Å²) >= 11 is 1.32. The summed E-state index contributed by atoms with van der Waals surface area (Å²) in [5.41, 5.74) is 1.77. The van der Waals surface area contributed by atoms with Gasteiger partial charge in [0.2, 0.25) is 0 Å². The fourth-order valence-electron chi connectivity index (χ4n) is 2.04. The molecule has 0 fully saturated rings. The van der Waals surface area contributed by atoms with Crippen LogP contribution in [0.3, 0.4) is 0 Å². The van der Waals surface area contributed by atoms with Crippen LogP contribution in [0.4, 0.5) is 0 Å². The summed E-state index contributed by atoms with van der Waals surface area (Å²) in [5, 5.41) is 3.58. The number of nitrogens with one attached hydrogen (secondary N) is 1. The third kappa shape index (κ3) is 3.57. The monoisotopic (exact) mass is 325 g/mol. The molecule has 0 bridgehead atoms. The first kappa shape index (κ1) is 15.2. The quantitative estimate of drug-likeness (QED) is 0.779. The van der Waals surface area contributed by atoms with E-state index < -0.39 is 0 Å². The van der Waals surface area contributed by atoms with Crippen LogP contribution in [0, 0.1) is 0 Å². The minimum atomic E-state index is -0.127. The molecule has 0 radical (unpaired) electrons. The summed E-state index contributed by atoms with van der Waals surface area (Å²) < 4.78 is 0. The van der Waals surface area contributed by atoms with E-state index in [9.17, 15) is 4.79 Å². The van der Waals surface area contributed by atoms with Crippen LogP contribution in [-0.4, -0.2) is 25.8 Å². The topological polar surface area (TPSA) is 80.7 Å². The van der Waals surface area contributed by atoms with E-state index in [1.165, 1.54) is 11.3 Å². The number of hydrogen-bond acceptors (Lipinski definition) is 6. The molecule has 0 atom stereocenters. The fourth-order valence-corrected chi connectivity index (χ4v) is 3.06. The number of carbonyl (C=O) groups excluding carboxylic acids is 1. The smallest absolute Gasteiger partial charge is 0.263 e. The Bertz CT molecular complexity index is 789. The van der Waals surface area contributed by atoms with Gasteiger partial charge in [0.25, 0.3) is 5.91 Å².